The van der Waals surface area contributed by atoms with Gasteiger partial charge in [0.15, 0.2) is 0 Å². The molecule has 0 heterocycles. The van der Waals surface area contributed by atoms with Crippen molar-refractivity contribution in [1.82, 2.24) is 16.0 Å². The van der Waals surface area contributed by atoms with Gasteiger partial charge in [0, 0.05) is 6.42 Å². The molecule has 13 nitrogen and oxygen atoms in total. The Hall–Kier alpha value is -3.22. The fourth-order valence-electron chi connectivity index (χ4n) is 1.76. The number of nitrogens with two attached hydrogens (primary N) is 1. The molecule has 27 heavy (non-hydrogen) atoms. The van der Waals surface area contributed by atoms with Crippen molar-refractivity contribution in [3.05, 3.63) is 0 Å². The van der Waals surface area contributed by atoms with Gasteiger partial charge >= 0.3 is 17.9 Å². The van der Waals surface area contributed by atoms with Crippen LogP contribution in [0.15, 0.2) is 0 Å². The zero-order valence-electron chi connectivity index (χ0n) is 14.4. The van der Waals surface area contributed by atoms with E-state index >= 15 is 0 Å². The average Bonchev–Trinajstić information content (AvgIpc) is 2.54. The van der Waals surface area contributed by atoms with E-state index in [2.05, 4.69) is 16.0 Å². The summed E-state index contributed by atoms with van der Waals surface area (Å²) in [6.45, 7) is 0.655. The fraction of sp³-hybridized carbons (Fsp3) is 0.571. The van der Waals surface area contributed by atoms with E-state index in [1.54, 1.807) is 0 Å². The Bertz CT molecular complexity index is 607. The zero-order chi connectivity index (χ0) is 21.1. The molecule has 3 atom stereocenters. The molecule has 0 aromatic carbocycles. The molecule has 0 aliphatic carbocycles. The average molecular weight is 390 g/mol. The first-order valence-electron chi connectivity index (χ1n) is 7.73. The molecule has 0 aliphatic heterocycles. The van der Waals surface area contributed by atoms with Gasteiger partial charge in [-0.1, -0.05) is 0 Å². The van der Waals surface area contributed by atoms with Crippen LogP contribution in [0, 0.1) is 0 Å². The van der Waals surface area contributed by atoms with Crippen molar-refractivity contribution in [3.8, 4) is 0 Å². The zero-order valence-corrected chi connectivity index (χ0v) is 14.4. The Kier molecular flexibility index (Phi) is 10.0. The molecule has 0 bridgehead atoms. The van der Waals surface area contributed by atoms with Crippen LogP contribution in [0.5, 0.6) is 0 Å². The predicted molar refractivity (Wildman–Crippen MR) is 87.3 cm³/mol. The summed E-state index contributed by atoms with van der Waals surface area (Å²) in [7, 11) is 0. The van der Waals surface area contributed by atoms with Gasteiger partial charge in [-0.25, -0.2) is 4.79 Å². The van der Waals surface area contributed by atoms with E-state index in [4.69, 9.17) is 21.1 Å². The Balaban J connectivity index is 4.43. The monoisotopic (exact) mass is 390 g/mol. The normalized spacial score (nSPS) is 13.6. The maximum atomic E-state index is 11.8. The quantitative estimate of drug-likeness (QED) is 0.177. The second kappa shape index (κ2) is 11.4. The molecule has 0 saturated carbocycles. The number of carbonyl (C=O) groups is 6. The molecule has 0 radical (unpaired) electrons. The van der Waals surface area contributed by atoms with Crippen LogP contribution in [0.4, 0.5) is 0 Å². The minimum Gasteiger partial charge on any atom is -0.481 e. The minimum atomic E-state index is -1.43. The van der Waals surface area contributed by atoms with E-state index < -0.39 is 73.1 Å². The molecule has 0 spiro atoms. The van der Waals surface area contributed by atoms with Gasteiger partial charge in [0.1, 0.15) is 12.1 Å². The summed E-state index contributed by atoms with van der Waals surface area (Å²) in [6.07, 6.45) is -1.43. The molecule has 0 unspecified atom stereocenters. The van der Waals surface area contributed by atoms with Crippen molar-refractivity contribution in [2.75, 3.05) is 6.54 Å². The van der Waals surface area contributed by atoms with Crippen molar-refractivity contribution < 1.29 is 44.1 Å². The molecule has 0 rings (SSSR count). The molecule has 0 aromatic rings. The second-order valence-corrected chi connectivity index (χ2v) is 5.54. The third-order valence-corrected chi connectivity index (χ3v) is 3.19. The molecule has 0 fully saturated rings. The molecule has 0 aliphatic rings. The third-order valence-electron chi connectivity index (χ3n) is 3.19. The second-order valence-electron chi connectivity index (χ2n) is 5.54. The number of aliphatic carboxylic acids is 3. The predicted octanol–water partition coefficient (Wildman–Crippen LogP) is -3.16. The van der Waals surface area contributed by atoms with E-state index in [0.717, 1.165) is 0 Å². The highest BCUT2D eigenvalue weighted by Crippen LogP contribution is 1.98. The molecular weight excluding hydrogens is 368 g/mol. The van der Waals surface area contributed by atoms with Crippen molar-refractivity contribution >= 4 is 35.6 Å². The van der Waals surface area contributed by atoms with Crippen molar-refractivity contribution in [1.29, 1.82) is 0 Å². The van der Waals surface area contributed by atoms with Gasteiger partial charge in [-0.3, -0.25) is 24.0 Å². The molecule has 152 valence electrons. The summed E-state index contributed by atoms with van der Waals surface area (Å²) in [5, 5.41) is 32.4. The van der Waals surface area contributed by atoms with Gasteiger partial charge in [-0.15, -0.1) is 0 Å². The largest absolute Gasteiger partial charge is 0.481 e. The first-order chi connectivity index (χ1) is 12.4. The lowest BCUT2D eigenvalue weighted by Crippen LogP contribution is -2.52. The van der Waals surface area contributed by atoms with Crippen LogP contribution in [-0.4, -0.2) is 75.6 Å². The Morgan fingerprint density at radius 1 is 0.926 bits per heavy atom. The van der Waals surface area contributed by atoms with Gasteiger partial charge < -0.3 is 37.0 Å². The maximum absolute atomic E-state index is 11.8. The van der Waals surface area contributed by atoms with Crippen LogP contribution in [0.25, 0.3) is 0 Å². The lowest BCUT2D eigenvalue weighted by molar-refractivity contribution is -0.143. The van der Waals surface area contributed by atoms with E-state index in [9.17, 15) is 28.8 Å². The molecular formula is C14H22N4O9. The topological polar surface area (TPSA) is 225 Å². The summed E-state index contributed by atoms with van der Waals surface area (Å²) in [4.78, 5) is 67.0. The van der Waals surface area contributed by atoms with Gasteiger partial charge in [0.05, 0.1) is 19.0 Å². The molecule has 3 amide bonds. The molecule has 0 aromatic heterocycles. The number of nitrogens with one attached hydrogen (secondary N) is 3. The number of hydrogen-bond donors (Lipinski definition) is 7. The molecule has 13 heteroatoms. The van der Waals surface area contributed by atoms with Crippen molar-refractivity contribution in [2.24, 2.45) is 5.73 Å². The first-order valence-corrected chi connectivity index (χ1v) is 7.73. The summed E-state index contributed by atoms with van der Waals surface area (Å²) in [6, 6.07) is -3.92. The highest BCUT2D eigenvalue weighted by Gasteiger charge is 2.24. The van der Waals surface area contributed by atoms with Gasteiger partial charge in [-0.2, -0.15) is 0 Å². The number of carboxylic acid groups (broad SMARTS) is 3. The van der Waals surface area contributed by atoms with Crippen LogP contribution in [0.3, 0.4) is 0 Å². The standard InChI is InChI=1S/C14H22N4O9/c1-6(17-13(25)7(15)4-11(22)23)12(24)16-5-9(19)18-8(14(26)27)2-3-10(20)21/h6-8H,2-5,15H2,1H3,(H,16,24)(H,17,25)(H,18,19)(H,20,21)(H,22,23)(H,26,27)/t6-,7-,8-/m0/s1. The van der Waals surface area contributed by atoms with E-state index in [0.29, 0.717) is 0 Å². The summed E-state index contributed by atoms with van der Waals surface area (Å²) in [5.41, 5.74) is 5.34. The summed E-state index contributed by atoms with van der Waals surface area (Å²) < 4.78 is 0. The van der Waals surface area contributed by atoms with E-state index in [-0.39, 0.29) is 6.42 Å². The number of carbonyl (C=O) groups excluding carboxylic acids is 3. The first kappa shape index (κ1) is 23.8. The van der Waals surface area contributed by atoms with E-state index in [1.807, 2.05) is 0 Å². The fourth-order valence-corrected chi connectivity index (χ4v) is 1.76. The van der Waals surface area contributed by atoms with Gasteiger partial charge in [0.2, 0.25) is 17.7 Å². The number of amides is 3. The van der Waals surface area contributed by atoms with Crippen molar-refractivity contribution in [3.63, 3.8) is 0 Å². The molecule has 0 saturated heterocycles. The Morgan fingerprint density at radius 2 is 1.52 bits per heavy atom. The van der Waals surface area contributed by atoms with E-state index in [1.165, 1.54) is 6.92 Å². The third kappa shape index (κ3) is 10.4. The number of carboxylic acids is 3. The highest BCUT2D eigenvalue weighted by molar-refractivity contribution is 5.93. The number of hydrogen-bond acceptors (Lipinski definition) is 7. The van der Waals surface area contributed by atoms with Crippen LogP contribution in [0.2, 0.25) is 0 Å². The van der Waals surface area contributed by atoms with Crippen LogP contribution >= 0.6 is 0 Å². The summed E-state index contributed by atoms with van der Waals surface area (Å²) >= 11 is 0. The SMILES string of the molecule is C[C@H](NC(=O)[C@@H](N)CC(=O)O)C(=O)NCC(=O)N[C@@H](CCC(=O)O)C(=O)O. The smallest absolute Gasteiger partial charge is 0.326 e. The van der Waals surface area contributed by atoms with Crippen LogP contribution < -0.4 is 21.7 Å². The summed E-state index contributed by atoms with van der Waals surface area (Å²) in [5.74, 6) is -6.48. The minimum absolute atomic E-state index is 0.335. The molecule has 8 N–H and O–H groups in total. The Labute approximate surface area is 153 Å². The Morgan fingerprint density at radius 3 is 2.00 bits per heavy atom. The lowest BCUT2D eigenvalue weighted by atomic mass is 10.1. The van der Waals surface area contributed by atoms with Crippen LogP contribution in [-0.2, 0) is 28.8 Å². The van der Waals surface area contributed by atoms with Gasteiger partial charge in [0.25, 0.3) is 0 Å². The maximum Gasteiger partial charge on any atom is 0.326 e. The number of rotatable bonds is 12. The van der Waals surface area contributed by atoms with Crippen LogP contribution in [0.1, 0.15) is 26.2 Å². The van der Waals surface area contributed by atoms with Crippen molar-refractivity contribution in [2.45, 2.75) is 44.3 Å². The lowest BCUT2D eigenvalue weighted by Gasteiger charge is -2.17. The van der Waals surface area contributed by atoms with Gasteiger partial charge in [-0.05, 0) is 13.3 Å². The highest BCUT2D eigenvalue weighted by atomic mass is 16.4.